The Kier molecular flexibility index (Phi) is 6.45. The van der Waals surface area contributed by atoms with Crippen molar-refractivity contribution in [3.8, 4) is 0 Å². The Morgan fingerprint density at radius 1 is 1.56 bits per heavy atom. The second-order valence-electron chi connectivity index (χ2n) is 3.80. The molecular formula is C11H20ClN3O. The zero-order valence-electron chi connectivity index (χ0n) is 9.95. The van der Waals surface area contributed by atoms with Crippen LogP contribution in [0.5, 0.6) is 0 Å². The molecule has 0 aliphatic rings. The van der Waals surface area contributed by atoms with Crippen LogP contribution in [0.15, 0.2) is 12.4 Å². The van der Waals surface area contributed by atoms with Gasteiger partial charge in [-0.25, -0.2) is 4.98 Å². The van der Waals surface area contributed by atoms with Crippen LogP contribution in [0.25, 0.3) is 0 Å². The minimum Gasteiger partial charge on any atom is -0.383 e. The third-order valence-electron chi connectivity index (χ3n) is 2.43. The van der Waals surface area contributed by atoms with Gasteiger partial charge in [-0.05, 0) is 13.0 Å². The van der Waals surface area contributed by atoms with E-state index < -0.39 is 0 Å². The maximum absolute atomic E-state index is 6.00. The Morgan fingerprint density at radius 3 is 3.00 bits per heavy atom. The fourth-order valence-corrected chi connectivity index (χ4v) is 1.72. The number of methoxy groups -OCH3 is 1. The van der Waals surface area contributed by atoms with E-state index in [1.165, 1.54) is 0 Å². The van der Waals surface area contributed by atoms with Crippen LogP contribution >= 0.6 is 11.6 Å². The second-order valence-corrected chi connectivity index (χ2v) is 4.41. The molecule has 0 bridgehead atoms. The Bertz CT molecular complexity index is 291. The Hall–Kier alpha value is -0.580. The minimum absolute atomic E-state index is 0.102. The maximum atomic E-state index is 6.00. The van der Waals surface area contributed by atoms with Crippen molar-refractivity contribution in [1.82, 2.24) is 14.9 Å². The van der Waals surface area contributed by atoms with Crippen molar-refractivity contribution in [1.29, 1.82) is 0 Å². The van der Waals surface area contributed by atoms with Crippen molar-refractivity contribution in [2.24, 2.45) is 7.05 Å². The maximum Gasteiger partial charge on any atom is 0.109 e. The van der Waals surface area contributed by atoms with E-state index in [9.17, 15) is 0 Å². The van der Waals surface area contributed by atoms with Crippen molar-refractivity contribution in [2.75, 3.05) is 26.8 Å². The SMILES string of the molecule is COCC(Cl)CCNCCc1nccn1C. The molecule has 0 fully saturated rings. The molecule has 5 heteroatoms. The van der Waals surface area contributed by atoms with Crippen LogP contribution in [0, 0.1) is 0 Å². The molecular weight excluding hydrogens is 226 g/mol. The number of alkyl halides is 1. The number of aromatic nitrogens is 2. The number of ether oxygens (including phenoxy) is 1. The lowest BCUT2D eigenvalue weighted by Gasteiger charge is -2.09. The molecule has 0 radical (unpaired) electrons. The van der Waals surface area contributed by atoms with Gasteiger partial charge in [0.25, 0.3) is 0 Å². The third-order valence-corrected chi connectivity index (χ3v) is 2.77. The predicted octanol–water partition coefficient (Wildman–Crippen LogP) is 1.20. The molecule has 0 spiro atoms. The van der Waals surface area contributed by atoms with Gasteiger partial charge in [0, 0.05) is 39.5 Å². The number of rotatable bonds is 8. The number of aryl methyl sites for hydroxylation is 1. The van der Waals surface area contributed by atoms with E-state index in [-0.39, 0.29) is 5.38 Å². The number of nitrogens with one attached hydrogen (secondary N) is 1. The second kappa shape index (κ2) is 7.65. The van der Waals surface area contributed by atoms with E-state index in [0.717, 1.165) is 31.8 Å². The van der Waals surface area contributed by atoms with Gasteiger partial charge in [-0.3, -0.25) is 0 Å². The Labute approximate surface area is 102 Å². The fourth-order valence-electron chi connectivity index (χ4n) is 1.49. The molecule has 0 saturated carbocycles. The van der Waals surface area contributed by atoms with Gasteiger partial charge >= 0.3 is 0 Å². The van der Waals surface area contributed by atoms with Crippen LogP contribution in [-0.2, 0) is 18.2 Å². The number of imidazole rings is 1. The van der Waals surface area contributed by atoms with Crippen molar-refractivity contribution in [3.63, 3.8) is 0 Å². The van der Waals surface area contributed by atoms with Gasteiger partial charge in [0.1, 0.15) is 5.82 Å². The van der Waals surface area contributed by atoms with Crippen molar-refractivity contribution in [2.45, 2.75) is 18.2 Å². The summed E-state index contributed by atoms with van der Waals surface area (Å²) < 4.78 is 7.00. The summed E-state index contributed by atoms with van der Waals surface area (Å²) in [6, 6.07) is 0. The molecule has 1 rings (SSSR count). The van der Waals surface area contributed by atoms with Crippen LogP contribution in [0.1, 0.15) is 12.2 Å². The minimum atomic E-state index is 0.102. The average Bonchev–Trinajstić information content (AvgIpc) is 2.64. The topological polar surface area (TPSA) is 39.1 Å². The number of hydrogen-bond acceptors (Lipinski definition) is 3. The summed E-state index contributed by atoms with van der Waals surface area (Å²) in [5, 5.41) is 3.45. The van der Waals surface area contributed by atoms with Crippen molar-refractivity contribution >= 4 is 11.6 Å². The van der Waals surface area contributed by atoms with Crippen LogP contribution in [-0.4, -0.2) is 41.7 Å². The zero-order valence-corrected chi connectivity index (χ0v) is 10.7. The first-order chi connectivity index (χ1) is 7.74. The third kappa shape index (κ3) is 4.96. The van der Waals surface area contributed by atoms with Crippen molar-refractivity contribution in [3.05, 3.63) is 18.2 Å². The largest absolute Gasteiger partial charge is 0.383 e. The zero-order chi connectivity index (χ0) is 11.8. The highest BCUT2D eigenvalue weighted by Gasteiger charge is 2.03. The van der Waals surface area contributed by atoms with Crippen molar-refractivity contribution < 1.29 is 4.74 Å². The highest BCUT2D eigenvalue weighted by atomic mass is 35.5. The monoisotopic (exact) mass is 245 g/mol. The van der Waals surface area contributed by atoms with Crippen LogP contribution < -0.4 is 5.32 Å². The van der Waals surface area contributed by atoms with Crippen LogP contribution in [0.4, 0.5) is 0 Å². The molecule has 1 heterocycles. The molecule has 0 amide bonds. The standard InChI is InChI=1S/C11H20ClN3O/c1-15-8-7-14-11(15)4-6-13-5-3-10(12)9-16-2/h7-8,10,13H,3-6,9H2,1-2H3. The molecule has 16 heavy (non-hydrogen) atoms. The summed E-state index contributed by atoms with van der Waals surface area (Å²) in [4.78, 5) is 4.25. The van der Waals surface area contributed by atoms with E-state index in [2.05, 4.69) is 10.3 Å². The van der Waals surface area contributed by atoms with Gasteiger partial charge in [0.2, 0.25) is 0 Å². The lowest BCUT2D eigenvalue weighted by Crippen LogP contribution is -2.23. The number of halogens is 1. The molecule has 1 atom stereocenters. The lowest BCUT2D eigenvalue weighted by atomic mass is 10.3. The molecule has 0 aromatic carbocycles. The summed E-state index contributed by atoms with van der Waals surface area (Å²) in [7, 11) is 3.68. The summed E-state index contributed by atoms with van der Waals surface area (Å²) in [6.45, 7) is 2.46. The summed E-state index contributed by atoms with van der Waals surface area (Å²) >= 11 is 6.00. The van der Waals surface area contributed by atoms with Gasteiger partial charge < -0.3 is 14.6 Å². The van der Waals surface area contributed by atoms with E-state index in [0.29, 0.717) is 6.61 Å². The predicted molar refractivity (Wildman–Crippen MR) is 65.9 cm³/mol. The van der Waals surface area contributed by atoms with E-state index >= 15 is 0 Å². The Morgan fingerprint density at radius 2 is 2.38 bits per heavy atom. The summed E-state index contributed by atoms with van der Waals surface area (Å²) in [6.07, 6.45) is 5.65. The molecule has 1 aromatic rings. The van der Waals surface area contributed by atoms with E-state index in [1.807, 2.05) is 24.0 Å². The van der Waals surface area contributed by atoms with Gasteiger partial charge in [0.05, 0.1) is 12.0 Å². The molecule has 1 aromatic heterocycles. The smallest absolute Gasteiger partial charge is 0.109 e. The molecule has 92 valence electrons. The first-order valence-corrected chi connectivity index (χ1v) is 5.97. The highest BCUT2D eigenvalue weighted by Crippen LogP contribution is 2.00. The van der Waals surface area contributed by atoms with E-state index in [4.69, 9.17) is 16.3 Å². The molecule has 1 N–H and O–H groups in total. The van der Waals surface area contributed by atoms with Crippen LogP contribution in [0.2, 0.25) is 0 Å². The quantitative estimate of drug-likeness (QED) is 0.553. The highest BCUT2D eigenvalue weighted by molar-refractivity contribution is 6.20. The normalized spacial score (nSPS) is 12.9. The van der Waals surface area contributed by atoms with E-state index in [1.54, 1.807) is 7.11 Å². The fraction of sp³-hybridized carbons (Fsp3) is 0.727. The molecule has 4 nitrogen and oxygen atoms in total. The number of hydrogen-bond donors (Lipinski definition) is 1. The summed E-state index contributed by atoms with van der Waals surface area (Å²) in [5.41, 5.74) is 0. The molecule has 1 unspecified atom stereocenters. The Balaban J connectivity index is 2.02. The van der Waals surface area contributed by atoms with Gasteiger partial charge in [-0.1, -0.05) is 0 Å². The lowest BCUT2D eigenvalue weighted by molar-refractivity contribution is 0.195. The van der Waals surface area contributed by atoms with Crippen LogP contribution in [0.3, 0.4) is 0 Å². The molecule has 0 aliphatic heterocycles. The van der Waals surface area contributed by atoms with Gasteiger partial charge in [-0.2, -0.15) is 0 Å². The first-order valence-electron chi connectivity index (χ1n) is 5.54. The number of nitrogens with zero attached hydrogens (tertiary/aromatic N) is 2. The molecule has 0 saturated heterocycles. The van der Waals surface area contributed by atoms with Gasteiger partial charge in [0.15, 0.2) is 0 Å². The van der Waals surface area contributed by atoms with Gasteiger partial charge in [-0.15, -0.1) is 11.6 Å². The summed E-state index contributed by atoms with van der Waals surface area (Å²) in [5.74, 6) is 1.10. The average molecular weight is 246 g/mol. The first kappa shape index (κ1) is 13.5. The molecule has 0 aliphatic carbocycles.